The molecule has 7 nitrogen and oxygen atoms in total. The Balaban J connectivity index is 1.30. The Morgan fingerprint density at radius 1 is 1.08 bits per heavy atom. The van der Waals surface area contributed by atoms with Crippen LogP contribution in [-0.2, 0) is 4.79 Å². The molecule has 1 heterocycles. The normalized spacial score (nSPS) is 14.3. The highest BCUT2D eigenvalue weighted by Crippen LogP contribution is 2.35. The summed E-state index contributed by atoms with van der Waals surface area (Å²) in [5.41, 5.74) is 5.74. The van der Waals surface area contributed by atoms with Crippen LogP contribution < -0.4 is 10.2 Å². The van der Waals surface area contributed by atoms with Crippen molar-refractivity contribution in [1.82, 2.24) is 20.2 Å². The van der Waals surface area contributed by atoms with E-state index in [0.717, 1.165) is 45.7 Å². The van der Waals surface area contributed by atoms with E-state index in [4.69, 9.17) is 4.74 Å². The van der Waals surface area contributed by atoms with Crippen molar-refractivity contribution in [3.05, 3.63) is 71.8 Å². The van der Waals surface area contributed by atoms with Gasteiger partial charge in [0, 0.05) is 17.2 Å². The minimum absolute atomic E-state index is 0.197. The molecule has 5 rings (SSSR count). The second kappa shape index (κ2) is 11.6. The molecule has 37 heavy (non-hydrogen) atoms. The van der Waals surface area contributed by atoms with E-state index in [9.17, 15) is 4.79 Å². The van der Waals surface area contributed by atoms with E-state index >= 15 is 0 Å². The number of benzene rings is 3. The van der Waals surface area contributed by atoms with Crippen LogP contribution in [0, 0.1) is 6.92 Å². The first-order valence-electron chi connectivity index (χ1n) is 12.7. The zero-order valence-electron chi connectivity index (χ0n) is 21.2. The van der Waals surface area contributed by atoms with Crippen LogP contribution in [0.4, 0.5) is 0 Å². The molecule has 0 bridgehead atoms. The number of carbonyl (C=O) groups is 1. The molecular weight excluding hydrogens is 482 g/mol. The van der Waals surface area contributed by atoms with Gasteiger partial charge in [-0.2, -0.15) is 5.10 Å². The van der Waals surface area contributed by atoms with Gasteiger partial charge in [-0.1, -0.05) is 91.2 Å². The molecule has 1 saturated carbocycles. The number of hydrogen-bond acceptors (Lipinski definition) is 6. The molecule has 0 spiro atoms. The Bertz CT molecular complexity index is 1410. The Morgan fingerprint density at radius 3 is 2.65 bits per heavy atom. The zero-order valence-corrected chi connectivity index (χ0v) is 22.0. The molecule has 0 atom stereocenters. The number of nitrogens with zero attached hydrogens (tertiary/aromatic N) is 4. The fourth-order valence-corrected chi connectivity index (χ4v) is 5.66. The number of aromatic nitrogens is 3. The molecule has 3 aromatic carbocycles. The molecular formula is C29H31N5O2S. The molecule has 0 aliphatic heterocycles. The van der Waals surface area contributed by atoms with Crippen LogP contribution in [-0.4, -0.2) is 39.7 Å². The van der Waals surface area contributed by atoms with Crippen molar-refractivity contribution in [3.8, 4) is 17.1 Å². The first-order valence-corrected chi connectivity index (χ1v) is 13.6. The lowest BCUT2D eigenvalue weighted by molar-refractivity contribution is -0.118. The largest absolute Gasteiger partial charge is 0.496 e. The maximum atomic E-state index is 12.7. The van der Waals surface area contributed by atoms with Gasteiger partial charge in [-0.15, -0.1) is 10.2 Å². The quantitative estimate of drug-likeness (QED) is 0.173. The van der Waals surface area contributed by atoms with Crippen LogP contribution in [0.3, 0.4) is 0 Å². The lowest BCUT2D eigenvalue weighted by atomic mass is 9.95. The molecule has 1 aromatic heterocycles. The number of nitrogens with one attached hydrogen (secondary N) is 1. The van der Waals surface area contributed by atoms with E-state index < -0.39 is 0 Å². The van der Waals surface area contributed by atoms with Crippen molar-refractivity contribution in [1.29, 1.82) is 0 Å². The number of aryl methyl sites for hydroxylation is 1. The van der Waals surface area contributed by atoms with Crippen molar-refractivity contribution >= 4 is 34.7 Å². The van der Waals surface area contributed by atoms with Crippen LogP contribution >= 0.6 is 11.8 Å². The fraction of sp³-hybridized carbons (Fsp3) is 0.310. The summed E-state index contributed by atoms with van der Waals surface area (Å²) in [6.45, 7) is 2.08. The van der Waals surface area contributed by atoms with E-state index in [0.29, 0.717) is 11.8 Å². The van der Waals surface area contributed by atoms with Gasteiger partial charge in [0.05, 0.1) is 19.1 Å². The maximum Gasteiger partial charge on any atom is 0.250 e. The van der Waals surface area contributed by atoms with E-state index in [1.54, 1.807) is 13.3 Å². The van der Waals surface area contributed by atoms with Crippen LogP contribution in [0.15, 0.2) is 70.9 Å². The number of thioether (sulfide) groups is 1. The van der Waals surface area contributed by atoms with Crippen LogP contribution in [0.5, 0.6) is 5.75 Å². The number of ether oxygens (including phenoxy) is 1. The number of methoxy groups -OCH3 is 1. The average Bonchev–Trinajstić information content (AvgIpc) is 3.37. The standard InChI is InChI=1S/C29H31N5O2S/c1-20-12-14-22(15-13-20)28-32-33-29(34(28)23-9-4-3-5-10-23)37-19-27(35)31-30-18-25-24-11-7-6-8-21(24)16-17-26(25)36-2/h6-8,11-18,23H,3-5,9-10,19H2,1-2H3,(H,31,35). The van der Waals surface area contributed by atoms with Crippen molar-refractivity contribution < 1.29 is 9.53 Å². The third kappa shape index (κ3) is 5.69. The van der Waals surface area contributed by atoms with Gasteiger partial charge in [-0.25, -0.2) is 5.43 Å². The van der Waals surface area contributed by atoms with Crippen molar-refractivity contribution in [2.24, 2.45) is 5.10 Å². The third-order valence-corrected chi connectivity index (χ3v) is 7.72. The summed E-state index contributed by atoms with van der Waals surface area (Å²) in [4.78, 5) is 12.7. The van der Waals surface area contributed by atoms with Crippen molar-refractivity contribution in [2.75, 3.05) is 12.9 Å². The van der Waals surface area contributed by atoms with Gasteiger partial charge < -0.3 is 4.74 Å². The molecule has 0 unspecified atom stereocenters. The summed E-state index contributed by atoms with van der Waals surface area (Å²) in [6.07, 6.45) is 7.52. The summed E-state index contributed by atoms with van der Waals surface area (Å²) in [5.74, 6) is 1.57. The van der Waals surface area contributed by atoms with Crippen molar-refractivity contribution in [3.63, 3.8) is 0 Å². The topological polar surface area (TPSA) is 81.4 Å². The highest BCUT2D eigenvalue weighted by molar-refractivity contribution is 7.99. The number of hydrogen-bond donors (Lipinski definition) is 1. The SMILES string of the molecule is COc1ccc2ccccc2c1C=NNC(=O)CSc1nnc(-c2ccc(C)cc2)n1C1CCCCC1. The summed E-state index contributed by atoms with van der Waals surface area (Å²) in [7, 11) is 1.63. The highest BCUT2D eigenvalue weighted by atomic mass is 32.2. The summed E-state index contributed by atoms with van der Waals surface area (Å²) in [6, 6.07) is 20.7. The Morgan fingerprint density at radius 2 is 1.86 bits per heavy atom. The summed E-state index contributed by atoms with van der Waals surface area (Å²) >= 11 is 1.40. The molecule has 1 aliphatic rings. The number of carbonyl (C=O) groups excluding carboxylic acids is 1. The summed E-state index contributed by atoms with van der Waals surface area (Å²) < 4.78 is 7.75. The van der Waals surface area contributed by atoms with E-state index in [1.165, 1.54) is 36.6 Å². The van der Waals surface area contributed by atoms with E-state index in [1.807, 2.05) is 36.4 Å². The second-order valence-corrected chi connectivity index (χ2v) is 10.3. The lowest BCUT2D eigenvalue weighted by Gasteiger charge is -2.25. The molecule has 8 heteroatoms. The van der Waals surface area contributed by atoms with Crippen LogP contribution in [0.2, 0.25) is 0 Å². The van der Waals surface area contributed by atoms with Gasteiger partial charge >= 0.3 is 0 Å². The molecule has 1 amide bonds. The van der Waals surface area contributed by atoms with Gasteiger partial charge in [0.2, 0.25) is 0 Å². The predicted molar refractivity (Wildman–Crippen MR) is 149 cm³/mol. The van der Waals surface area contributed by atoms with E-state index in [2.05, 4.69) is 56.5 Å². The van der Waals surface area contributed by atoms with Gasteiger partial charge in [0.25, 0.3) is 5.91 Å². The van der Waals surface area contributed by atoms with Crippen LogP contribution in [0.1, 0.15) is 49.3 Å². The molecule has 190 valence electrons. The van der Waals surface area contributed by atoms with Crippen molar-refractivity contribution in [2.45, 2.75) is 50.2 Å². The number of rotatable bonds is 8. The van der Waals surface area contributed by atoms with Gasteiger partial charge in [-0.05, 0) is 36.6 Å². The smallest absolute Gasteiger partial charge is 0.250 e. The minimum atomic E-state index is -0.199. The van der Waals surface area contributed by atoms with Gasteiger partial charge in [0.15, 0.2) is 11.0 Å². The van der Waals surface area contributed by atoms with Gasteiger partial charge in [0.1, 0.15) is 5.75 Å². The number of fused-ring (bicyclic) bond motifs is 1. The Kier molecular flexibility index (Phi) is 7.84. The van der Waals surface area contributed by atoms with E-state index in [-0.39, 0.29) is 11.7 Å². The Hall–Kier alpha value is -3.65. The lowest BCUT2D eigenvalue weighted by Crippen LogP contribution is -2.21. The highest BCUT2D eigenvalue weighted by Gasteiger charge is 2.24. The first kappa shape index (κ1) is 25.0. The van der Waals surface area contributed by atoms with Gasteiger partial charge in [-0.3, -0.25) is 9.36 Å². The van der Waals surface area contributed by atoms with Crippen LogP contribution in [0.25, 0.3) is 22.2 Å². The molecule has 0 radical (unpaired) electrons. The number of amides is 1. The first-order chi connectivity index (χ1) is 18.1. The Labute approximate surface area is 221 Å². The second-order valence-electron chi connectivity index (χ2n) is 9.32. The molecule has 4 aromatic rings. The number of hydrazone groups is 1. The molecule has 1 fully saturated rings. The zero-order chi connectivity index (χ0) is 25.6. The predicted octanol–water partition coefficient (Wildman–Crippen LogP) is 6.16. The summed E-state index contributed by atoms with van der Waals surface area (Å²) in [5, 5.41) is 16.1. The molecule has 0 saturated heterocycles. The monoisotopic (exact) mass is 513 g/mol. The minimum Gasteiger partial charge on any atom is -0.496 e. The third-order valence-electron chi connectivity index (χ3n) is 6.78. The fourth-order valence-electron chi connectivity index (χ4n) is 4.86. The maximum absolute atomic E-state index is 12.7. The average molecular weight is 514 g/mol. The molecule has 1 aliphatic carbocycles. The molecule has 1 N–H and O–H groups in total.